The fourth-order valence-corrected chi connectivity index (χ4v) is 2.96. The number of amides is 2. The number of nitrogens with zero attached hydrogens (tertiary/aromatic N) is 3. The molecule has 0 bridgehead atoms. The fourth-order valence-electron chi connectivity index (χ4n) is 2.39. The predicted molar refractivity (Wildman–Crippen MR) is 104 cm³/mol. The summed E-state index contributed by atoms with van der Waals surface area (Å²) in [5.41, 5.74) is 11.4. The Morgan fingerprint density at radius 1 is 1.07 bits per heavy atom. The lowest BCUT2D eigenvalue weighted by Crippen LogP contribution is -2.41. The molecule has 10 heteroatoms. The third-order valence-corrected chi connectivity index (χ3v) is 4.39. The number of nitrogens with one attached hydrogen (secondary N) is 2. The van der Waals surface area contributed by atoms with Gasteiger partial charge in [0.25, 0.3) is 11.8 Å². The van der Waals surface area contributed by atoms with Crippen molar-refractivity contribution in [3.63, 3.8) is 0 Å². The average molecular weight is 415 g/mol. The highest BCUT2D eigenvalue weighted by molar-refractivity contribution is 6.39. The standard InChI is InChI=1S/C18H12Cl2N6O2/c19-13-5-2-6-14(20)15(13)18(28)25-24-17(27)10-3-1-4-12(7-10)26-16(22)11(8-21)9-23-26/h1-7,9H,22H2,(H,24,27)(H,25,28). The molecule has 140 valence electrons. The molecule has 0 spiro atoms. The summed E-state index contributed by atoms with van der Waals surface area (Å²) in [5, 5.41) is 13.3. The Hall–Kier alpha value is -3.54. The molecule has 3 aromatic rings. The summed E-state index contributed by atoms with van der Waals surface area (Å²) in [5.74, 6) is -1.08. The van der Waals surface area contributed by atoms with E-state index >= 15 is 0 Å². The van der Waals surface area contributed by atoms with E-state index in [0.717, 1.165) is 0 Å². The van der Waals surface area contributed by atoms with E-state index in [-0.39, 0.29) is 32.6 Å². The molecule has 2 aromatic carbocycles. The van der Waals surface area contributed by atoms with Crippen LogP contribution in [0.3, 0.4) is 0 Å². The van der Waals surface area contributed by atoms with Crippen LogP contribution in [0.4, 0.5) is 5.82 Å². The average Bonchev–Trinajstić information content (AvgIpc) is 3.06. The van der Waals surface area contributed by atoms with Crippen molar-refractivity contribution in [1.82, 2.24) is 20.6 Å². The van der Waals surface area contributed by atoms with Gasteiger partial charge in [-0.15, -0.1) is 0 Å². The van der Waals surface area contributed by atoms with Gasteiger partial charge >= 0.3 is 0 Å². The van der Waals surface area contributed by atoms with E-state index in [9.17, 15) is 9.59 Å². The molecule has 2 amide bonds. The summed E-state index contributed by atoms with van der Waals surface area (Å²) in [7, 11) is 0. The van der Waals surface area contributed by atoms with Gasteiger partial charge in [-0.3, -0.25) is 20.4 Å². The molecule has 3 rings (SSSR count). The van der Waals surface area contributed by atoms with Crippen LogP contribution >= 0.6 is 23.2 Å². The molecule has 0 atom stereocenters. The Morgan fingerprint density at radius 2 is 1.71 bits per heavy atom. The van der Waals surface area contributed by atoms with Crippen LogP contribution in [0.15, 0.2) is 48.7 Å². The molecule has 4 N–H and O–H groups in total. The summed E-state index contributed by atoms with van der Waals surface area (Å²) in [6.45, 7) is 0. The van der Waals surface area contributed by atoms with Crippen LogP contribution in [-0.4, -0.2) is 21.6 Å². The molecule has 0 saturated heterocycles. The minimum atomic E-state index is -0.657. The fraction of sp³-hybridized carbons (Fsp3) is 0. The monoisotopic (exact) mass is 414 g/mol. The van der Waals surface area contributed by atoms with Crippen LogP contribution in [0, 0.1) is 11.3 Å². The molecule has 0 aliphatic carbocycles. The van der Waals surface area contributed by atoms with Crippen LogP contribution in [0.1, 0.15) is 26.3 Å². The third kappa shape index (κ3) is 3.76. The number of rotatable bonds is 3. The Labute approximate surface area is 169 Å². The zero-order chi connectivity index (χ0) is 20.3. The third-order valence-electron chi connectivity index (χ3n) is 3.76. The molecule has 0 aliphatic rings. The maximum absolute atomic E-state index is 12.4. The molecule has 0 radical (unpaired) electrons. The Bertz CT molecular complexity index is 1100. The molecule has 1 heterocycles. The van der Waals surface area contributed by atoms with Crippen molar-refractivity contribution < 1.29 is 9.59 Å². The highest BCUT2D eigenvalue weighted by Gasteiger charge is 2.16. The van der Waals surface area contributed by atoms with Gasteiger partial charge in [0, 0.05) is 5.56 Å². The summed E-state index contributed by atoms with van der Waals surface area (Å²) in [6, 6.07) is 12.9. The number of nitrogen functional groups attached to an aromatic ring is 1. The van der Waals surface area contributed by atoms with E-state index in [2.05, 4.69) is 16.0 Å². The number of hydrogen-bond donors (Lipinski definition) is 3. The van der Waals surface area contributed by atoms with Crippen molar-refractivity contribution in [3.8, 4) is 11.8 Å². The number of carbonyl (C=O) groups excluding carboxylic acids is 2. The van der Waals surface area contributed by atoms with Crippen LogP contribution in [0.2, 0.25) is 10.0 Å². The summed E-state index contributed by atoms with van der Waals surface area (Å²) >= 11 is 11.9. The number of halogens is 2. The second kappa shape index (κ2) is 8.00. The topological polar surface area (TPSA) is 126 Å². The molecule has 28 heavy (non-hydrogen) atoms. The van der Waals surface area contributed by atoms with E-state index in [4.69, 9.17) is 34.2 Å². The molecule has 1 aromatic heterocycles. The van der Waals surface area contributed by atoms with Crippen molar-refractivity contribution >= 4 is 40.8 Å². The largest absolute Gasteiger partial charge is 0.382 e. The lowest BCUT2D eigenvalue weighted by molar-refractivity contribution is 0.0847. The van der Waals surface area contributed by atoms with Gasteiger partial charge in [0.05, 0.1) is 27.5 Å². The minimum Gasteiger partial charge on any atom is -0.382 e. The first-order chi connectivity index (χ1) is 13.4. The summed E-state index contributed by atoms with van der Waals surface area (Å²) in [4.78, 5) is 24.6. The highest BCUT2D eigenvalue weighted by atomic mass is 35.5. The molecule has 0 aliphatic heterocycles. The smallest absolute Gasteiger partial charge is 0.272 e. The van der Waals surface area contributed by atoms with E-state index in [1.165, 1.54) is 29.1 Å². The van der Waals surface area contributed by atoms with Crippen molar-refractivity contribution in [1.29, 1.82) is 5.26 Å². The Morgan fingerprint density at radius 3 is 2.36 bits per heavy atom. The molecule has 8 nitrogen and oxygen atoms in total. The maximum atomic E-state index is 12.4. The SMILES string of the molecule is N#Cc1cnn(-c2cccc(C(=O)NNC(=O)c3c(Cl)cccc3Cl)c2)c1N. The van der Waals surface area contributed by atoms with Crippen LogP contribution in [0.5, 0.6) is 0 Å². The number of hydrogen-bond acceptors (Lipinski definition) is 5. The van der Waals surface area contributed by atoms with Gasteiger partial charge in [-0.1, -0.05) is 35.3 Å². The van der Waals surface area contributed by atoms with Crippen molar-refractivity contribution in [2.45, 2.75) is 0 Å². The van der Waals surface area contributed by atoms with E-state index < -0.39 is 11.8 Å². The molecular formula is C18H12Cl2N6O2. The number of nitrogens with two attached hydrogens (primary N) is 1. The van der Waals surface area contributed by atoms with Gasteiger partial charge < -0.3 is 5.73 Å². The second-order valence-electron chi connectivity index (χ2n) is 5.52. The van der Waals surface area contributed by atoms with Gasteiger partial charge in [-0.2, -0.15) is 10.4 Å². The predicted octanol–water partition coefficient (Wildman–Crippen LogP) is 2.71. The van der Waals surface area contributed by atoms with Crippen molar-refractivity contribution in [2.24, 2.45) is 0 Å². The number of nitriles is 1. The van der Waals surface area contributed by atoms with Crippen molar-refractivity contribution in [3.05, 3.63) is 75.4 Å². The molecular weight excluding hydrogens is 403 g/mol. The normalized spacial score (nSPS) is 10.2. The number of hydrazine groups is 1. The van der Waals surface area contributed by atoms with Gasteiger partial charge in [0.2, 0.25) is 0 Å². The van der Waals surface area contributed by atoms with Gasteiger partial charge in [0.15, 0.2) is 0 Å². The number of carbonyl (C=O) groups is 2. The first-order valence-corrected chi connectivity index (χ1v) is 8.56. The van der Waals surface area contributed by atoms with Crippen LogP contribution < -0.4 is 16.6 Å². The van der Waals surface area contributed by atoms with Gasteiger partial charge in [-0.25, -0.2) is 4.68 Å². The number of aromatic nitrogens is 2. The zero-order valence-corrected chi connectivity index (χ0v) is 15.6. The summed E-state index contributed by atoms with van der Waals surface area (Å²) < 4.78 is 1.33. The Balaban J connectivity index is 1.76. The zero-order valence-electron chi connectivity index (χ0n) is 14.1. The molecule has 0 fully saturated rings. The number of anilines is 1. The quantitative estimate of drug-likeness (QED) is 0.567. The molecule has 0 saturated carbocycles. The second-order valence-corrected chi connectivity index (χ2v) is 6.34. The van der Waals surface area contributed by atoms with Crippen LogP contribution in [0.25, 0.3) is 5.69 Å². The Kier molecular flexibility index (Phi) is 5.49. The maximum Gasteiger partial charge on any atom is 0.272 e. The number of benzene rings is 2. The van der Waals surface area contributed by atoms with Crippen LogP contribution in [-0.2, 0) is 0 Å². The first-order valence-electron chi connectivity index (χ1n) is 7.81. The van der Waals surface area contributed by atoms with Gasteiger partial charge in [0.1, 0.15) is 17.5 Å². The lowest BCUT2D eigenvalue weighted by atomic mass is 10.2. The first kappa shape index (κ1) is 19.2. The van der Waals surface area contributed by atoms with Gasteiger partial charge in [-0.05, 0) is 30.3 Å². The van der Waals surface area contributed by atoms with Crippen molar-refractivity contribution in [2.75, 3.05) is 5.73 Å². The lowest BCUT2D eigenvalue weighted by Gasteiger charge is -2.11. The van der Waals surface area contributed by atoms with E-state index in [1.54, 1.807) is 24.3 Å². The van der Waals surface area contributed by atoms with E-state index in [1.807, 2.05) is 6.07 Å². The highest BCUT2D eigenvalue weighted by Crippen LogP contribution is 2.23. The molecule has 0 unspecified atom stereocenters. The summed E-state index contributed by atoms with van der Waals surface area (Å²) in [6.07, 6.45) is 1.33. The minimum absolute atomic E-state index is 0.0493. The van der Waals surface area contributed by atoms with E-state index in [0.29, 0.717) is 5.69 Å².